The first-order valence-electron chi connectivity index (χ1n) is 10.6. The summed E-state index contributed by atoms with van der Waals surface area (Å²) in [6, 6.07) is 13.0. The molecule has 2 aromatic carbocycles. The lowest BCUT2D eigenvalue weighted by molar-refractivity contribution is -0.119. The number of fused-ring (bicyclic) bond motifs is 4. The normalized spacial score (nSPS) is 11.9. The Morgan fingerprint density at radius 3 is 2.68 bits per heavy atom. The maximum Gasteiger partial charge on any atom is 0.341 e. The number of rotatable bonds is 5. The Bertz CT molecular complexity index is 1440. The van der Waals surface area contributed by atoms with E-state index in [0.29, 0.717) is 28.0 Å². The van der Waals surface area contributed by atoms with Gasteiger partial charge in [-0.3, -0.25) is 14.8 Å². The van der Waals surface area contributed by atoms with Crippen molar-refractivity contribution in [2.24, 2.45) is 0 Å². The van der Waals surface area contributed by atoms with E-state index in [-0.39, 0.29) is 5.56 Å². The molecule has 0 radical (unpaired) electrons. The molecule has 1 amide bonds. The van der Waals surface area contributed by atoms with E-state index in [2.05, 4.69) is 21.4 Å². The van der Waals surface area contributed by atoms with E-state index in [0.717, 1.165) is 22.4 Å². The minimum atomic E-state index is -0.686. The van der Waals surface area contributed by atoms with Crippen molar-refractivity contribution in [2.75, 3.05) is 19.0 Å². The maximum atomic E-state index is 12.7. The van der Waals surface area contributed by atoms with Gasteiger partial charge in [-0.25, -0.2) is 9.59 Å². The third-order valence-corrected chi connectivity index (χ3v) is 6.79. The van der Waals surface area contributed by atoms with E-state index in [4.69, 9.17) is 9.47 Å². The van der Waals surface area contributed by atoms with Gasteiger partial charge >= 0.3 is 11.9 Å². The molecular formula is C25H19N3O5S. The number of amides is 1. The molecule has 9 heteroatoms. The largest absolute Gasteiger partial charge is 0.465 e. The molecule has 0 spiro atoms. The molecule has 8 nitrogen and oxygen atoms in total. The van der Waals surface area contributed by atoms with E-state index >= 15 is 0 Å². The zero-order valence-corrected chi connectivity index (χ0v) is 19.0. The average molecular weight is 474 g/mol. The van der Waals surface area contributed by atoms with Crippen LogP contribution in [-0.2, 0) is 27.1 Å². The number of hydrogen-bond donors (Lipinski definition) is 1. The van der Waals surface area contributed by atoms with E-state index in [1.54, 1.807) is 18.2 Å². The first kappa shape index (κ1) is 21.7. The fourth-order valence-corrected chi connectivity index (χ4v) is 5.39. The minimum absolute atomic E-state index is 0.219. The van der Waals surface area contributed by atoms with E-state index in [1.165, 1.54) is 36.4 Å². The molecule has 0 saturated heterocycles. The number of aryl methyl sites for hydroxylation is 1. The summed E-state index contributed by atoms with van der Waals surface area (Å²) in [6.45, 7) is -0.519. The number of esters is 2. The molecule has 2 aromatic heterocycles. The van der Waals surface area contributed by atoms with Gasteiger partial charge in [0.25, 0.3) is 5.91 Å². The number of benzene rings is 2. The highest BCUT2D eigenvalue weighted by molar-refractivity contribution is 7.20. The molecule has 0 saturated carbocycles. The number of nitrogens with zero attached hydrogens (tertiary/aromatic N) is 2. The third kappa shape index (κ3) is 3.90. The van der Waals surface area contributed by atoms with Gasteiger partial charge in [-0.2, -0.15) is 0 Å². The van der Waals surface area contributed by atoms with Gasteiger partial charge in [0, 0.05) is 17.3 Å². The summed E-state index contributed by atoms with van der Waals surface area (Å²) in [5.41, 5.74) is 4.61. The summed E-state index contributed by atoms with van der Waals surface area (Å²) in [6.07, 6.45) is 4.47. The van der Waals surface area contributed by atoms with Gasteiger partial charge in [-0.1, -0.05) is 30.3 Å². The van der Waals surface area contributed by atoms with Crippen LogP contribution in [0.3, 0.4) is 0 Å². The standard InChI is InChI=1S/C25H19N3O5S/c1-32-25(31)20-16-10-9-14-5-2-3-6-15(14)22(16)34-23(20)28-19(29)13-33-24(30)17-7-4-8-18-21(17)27-12-11-26-18/h2-8,11-12H,9-10,13H2,1H3,(H,28,29). The number of carbonyl (C=O) groups is 3. The number of anilines is 1. The summed E-state index contributed by atoms with van der Waals surface area (Å²) >= 11 is 1.32. The highest BCUT2D eigenvalue weighted by Crippen LogP contribution is 2.45. The van der Waals surface area contributed by atoms with Gasteiger partial charge in [-0.05, 0) is 41.7 Å². The van der Waals surface area contributed by atoms with Crippen molar-refractivity contribution in [1.82, 2.24) is 9.97 Å². The Morgan fingerprint density at radius 1 is 1.00 bits per heavy atom. The number of methoxy groups -OCH3 is 1. The van der Waals surface area contributed by atoms with Crippen LogP contribution in [0.2, 0.25) is 0 Å². The van der Waals surface area contributed by atoms with Crippen LogP contribution < -0.4 is 5.32 Å². The summed E-state index contributed by atoms with van der Waals surface area (Å²) in [5.74, 6) is -1.76. The van der Waals surface area contributed by atoms with Crippen molar-refractivity contribution in [3.63, 3.8) is 0 Å². The van der Waals surface area contributed by atoms with Gasteiger partial charge in [0.05, 0.1) is 23.8 Å². The zero-order valence-electron chi connectivity index (χ0n) is 18.2. The first-order chi connectivity index (χ1) is 16.6. The fourth-order valence-electron chi connectivity index (χ4n) is 4.08. The molecule has 5 rings (SSSR count). The molecule has 0 fully saturated rings. The predicted octanol–water partition coefficient (Wildman–Crippen LogP) is 4.04. The van der Waals surface area contributed by atoms with Crippen LogP contribution in [-0.4, -0.2) is 41.5 Å². The van der Waals surface area contributed by atoms with Crippen molar-refractivity contribution < 1.29 is 23.9 Å². The Kier molecular flexibility index (Phi) is 5.77. The Labute approximate surface area is 198 Å². The second-order valence-electron chi connectivity index (χ2n) is 7.62. The summed E-state index contributed by atoms with van der Waals surface area (Å²) < 4.78 is 10.2. The van der Waals surface area contributed by atoms with Gasteiger partial charge in [0.2, 0.25) is 0 Å². The monoisotopic (exact) mass is 473 g/mol. The molecule has 1 aliphatic rings. The van der Waals surface area contributed by atoms with Gasteiger partial charge in [-0.15, -0.1) is 11.3 Å². The number of aromatic nitrogens is 2. The van der Waals surface area contributed by atoms with Crippen LogP contribution in [0.25, 0.3) is 21.5 Å². The lowest BCUT2D eigenvalue weighted by Crippen LogP contribution is -2.22. The van der Waals surface area contributed by atoms with Crippen molar-refractivity contribution in [3.05, 3.63) is 77.1 Å². The van der Waals surface area contributed by atoms with Crippen molar-refractivity contribution >= 4 is 45.2 Å². The average Bonchev–Trinajstić information content (AvgIpc) is 3.24. The number of nitrogens with one attached hydrogen (secondary N) is 1. The first-order valence-corrected chi connectivity index (χ1v) is 11.4. The number of thiophene rings is 1. The van der Waals surface area contributed by atoms with Gasteiger partial charge < -0.3 is 14.8 Å². The lowest BCUT2D eigenvalue weighted by Gasteiger charge is -2.16. The lowest BCUT2D eigenvalue weighted by atomic mass is 9.89. The van der Waals surface area contributed by atoms with Crippen LogP contribution in [0, 0.1) is 0 Å². The highest BCUT2D eigenvalue weighted by Gasteiger charge is 2.29. The van der Waals surface area contributed by atoms with Crippen molar-refractivity contribution in [1.29, 1.82) is 0 Å². The predicted molar refractivity (Wildman–Crippen MR) is 127 cm³/mol. The SMILES string of the molecule is COC(=O)c1c(NC(=O)COC(=O)c2cccc3nccnc23)sc2c1CCc1ccccc1-2. The number of para-hydroxylation sites is 1. The highest BCUT2D eigenvalue weighted by atomic mass is 32.1. The molecule has 1 N–H and O–H groups in total. The molecule has 0 atom stereocenters. The van der Waals surface area contributed by atoms with Crippen molar-refractivity contribution in [2.45, 2.75) is 12.8 Å². The van der Waals surface area contributed by atoms with Crippen molar-refractivity contribution in [3.8, 4) is 10.4 Å². The zero-order chi connectivity index (χ0) is 23.7. The van der Waals surface area contributed by atoms with E-state index < -0.39 is 24.5 Å². The minimum Gasteiger partial charge on any atom is -0.465 e. The Morgan fingerprint density at radius 2 is 1.82 bits per heavy atom. The van der Waals surface area contributed by atoms with E-state index in [9.17, 15) is 14.4 Å². The van der Waals surface area contributed by atoms with Gasteiger partial charge in [0.1, 0.15) is 10.5 Å². The number of ether oxygens (including phenoxy) is 2. The quantitative estimate of drug-likeness (QED) is 0.436. The molecule has 170 valence electrons. The van der Waals surface area contributed by atoms with Crippen LogP contribution >= 0.6 is 11.3 Å². The summed E-state index contributed by atoms with van der Waals surface area (Å²) in [5, 5.41) is 3.11. The second-order valence-corrected chi connectivity index (χ2v) is 8.64. The number of carbonyl (C=O) groups excluding carboxylic acids is 3. The second kappa shape index (κ2) is 9.03. The molecule has 2 heterocycles. The van der Waals surface area contributed by atoms with E-state index in [1.807, 2.05) is 18.2 Å². The summed E-state index contributed by atoms with van der Waals surface area (Å²) in [4.78, 5) is 47.1. The summed E-state index contributed by atoms with van der Waals surface area (Å²) in [7, 11) is 1.31. The topological polar surface area (TPSA) is 107 Å². The third-order valence-electron chi connectivity index (χ3n) is 5.61. The fraction of sp³-hybridized carbons (Fsp3) is 0.160. The Hall–Kier alpha value is -4.11. The molecule has 0 aliphatic heterocycles. The molecule has 4 aromatic rings. The smallest absolute Gasteiger partial charge is 0.341 e. The maximum absolute atomic E-state index is 12.7. The van der Waals surface area contributed by atoms with Crippen LogP contribution in [0.5, 0.6) is 0 Å². The Balaban J connectivity index is 1.36. The van der Waals surface area contributed by atoms with Crippen LogP contribution in [0.4, 0.5) is 5.00 Å². The van der Waals surface area contributed by atoms with Crippen LogP contribution in [0.15, 0.2) is 54.9 Å². The molecule has 0 unspecified atom stereocenters. The number of hydrogen-bond acceptors (Lipinski definition) is 8. The van der Waals surface area contributed by atoms with Crippen LogP contribution in [0.1, 0.15) is 31.8 Å². The molecule has 34 heavy (non-hydrogen) atoms. The molecular weight excluding hydrogens is 454 g/mol. The van der Waals surface area contributed by atoms with Gasteiger partial charge in [0.15, 0.2) is 6.61 Å². The molecule has 1 aliphatic carbocycles. The molecule has 0 bridgehead atoms.